The van der Waals surface area contributed by atoms with Crippen molar-refractivity contribution in [3.05, 3.63) is 29.6 Å². The van der Waals surface area contributed by atoms with E-state index in [1.54, 1.807) is 6.07 Å². The minimum atomic E-state index is -1.19. The van der Waals surface area contributed by atoms with Crippen LogP contribution in [0.1, 0.15) is 18.4 Å². The van der Waals surface area contributed by atoms with Crippen molar-refractivity contribution in [3.8, 4) is 5.75 Å². The van der Waals surface area contributed by atoms with Crippen LogP contribution >= 0.6 is 0 Å². The van der Waals surface area contributed by atoms with Crippen LogP contribution < -0.4 is 5.32 Å². The van der Waals surface area contributed by atoms with Crippen LogP contribution in [0.25, 0.3) is 0 Å². The Balaban J connectivity index is 2.39. The average molecular weight is 211 g/mol. The van der Waals surface area contributed by atoms with Gasteiger partial charge in [-0.05, 0) is 25.5 Å². The lowest BCUT2D eigenvalue weighted by Crippen LogP contribution is -2.43. The Labute approximate surface area is 87.6 Å². The predicted octanol–water partition coefficient (Wildman–Crippen LogP) is 1.10. The number of phenols is 1. The summed E-state index contributed by atoms with van der Waals surface area (Å²) < 4.78 is 13.6. The van der Waals surface area contributed by atoms with E-state index in [4.69, 9.17) is 0 Å². The number of aromatic hydroxyl groups is 1. The van der Waals surface area contributed by atoms with Crippen molar-refractivity contribution < 1.29 is 14.6 Å². The number of piperidine rings is 1. The number of benzene rings is 1. The number of phenolic OH excluding ortho intramolecular Hbond substituents is 1. The zero-order valence-corrected chi connectivity index (χ0v) is 8.33. The molecule has 1 aliphatic rings. The third-order valence-electron chi connectivity index (χ3n) is 2.84. The molecule has 2 rings (SSSR count). The highest BCUT2D eigenvalue weighted by atomic mass is 19.1. The molecule has 1 aliphatic heterocycles. The topological polar surface area (TPSA) is 52.5 Å². The van der Waals surface area contributed by atoms with Crippen molar-refractivity contribution in [2.24, 2.45) is 0 Å². The van der Waals surface area contributed by atoms with Gasteiger partial charge in [0, 0.05) is 12.1 Å². The van der Waals surface area contributed by atoms with Gasteiger partial charge in [-0.2, -0.15) is 0 Å². The lowest BCUT2D eigenvalue weighted by atomic mass is 9.86. The van der Waals surface area contributed by atoms with Crippen molar-refractivity contribution in [3.63, 3.8) is 0 Å². The van der Waals surface area contributed by atoms with E-state index < -0.39 is 17.2 Å². The zero-order valence-electron chi connectivity index (χ0n) is 8.33. The van der Waals surface area contributed by atoms with Gasteiger partial charge < -0.3 is 15.5 Å². The monoisotopic (exact) mass is 211 g/mol. The first-order valence-corrected chi connectivity index (χ1v) is 5.04. The van der Waals surface area contributed by atoms with Crippen LogP contribution in [0, 0.1) is 5.82 Å². The molecule has 82 valence electrons. The Hall–Kier alpha value is -1.13. The molecule has 1 saturated heterocycles. The van der Waals surface area contributed by atoms with Crippen molar-refractivity contribution in [2.75, 3.05) is 13.1 Å². The fourth-order valence-electron chi connectivity index (χ4n) is 2.00. The van der Waals surface area contributed by atoms with E-state index in [9.17, 15) is 14.6 Å². The quantitative estimate of drug-likeness (QED) is 0.652. The SMILES string of the molecule is Oc1cccc(C2(O)CCCNC2)c1F. The molecule has 1 unspecified atom stereocenters. The number of halogens is 1. The molecule has 3 N–H and O–H groups in total. The van der Waals surface area contributed by atoms with E-state index in [-0.39, 0.29) is 5.56 Å². The molecule has 0 spiro atoms. The molecule has 1 fully saturated rings. The van der Waals surface area contributed by atoms with Crippen LogP contribution in [0.4, 0.5) is 4.39 Å². The van der Waals surface area contributed by atoms with Crippen LogP contribution in [-0.2, 0) is 5.60 Å². The van der Waals surface area contributed by atoms with Crippen molar-refractivity contribution in [1.29, 1.82) is 0 Å². The lowest BCUT2D eigenvalue weighted by Gasteiger charge is -2.33. The van der Waals surface area contributed by atoms with E-state index in [1.807, 2.05) is 0 Å². The van der Waals surface area contributed by atoms with Crippen LogP contribution in [0.2, 0.25) is 0 Å². The predicted molar refractivity (Wildman–Crippen MR) is 54.1 cm³/mol. The van der Waals surface area contributed by atoms with E-state index >= 15 is 0 Å². The fourth-order valence-corrected chi connectivity index (χ4v) is 2.00. The molecular formula is C11H14FNO2. The summed E-state index contributed by atoms with van der Waals surface area (Å²) in [6.45, 7) is 1.16. The molecule has 0 amide bonds. The van der Waals surface area contributed by atoms with Crippen LogP contribution in [-0.4, -0.2) is 23.3 Å². The maximum atomic E-state index is 13.6. The Morgan fingerprint density at radius 2 is 2.20 bits per heavy atom. The van der Waals surface area contributed by atoms with E-state index in [2.05, 4.69) is 5.32 Å². The molecule has 3 nitrogen and oxygen atoms in total. The summed E-state index contributed by atoms with van der Waals surface area (Å²) in [4.78, 5) is 0. The molecule has 0 bridgehead atoms. The lowest BCUT2D eigenvalue weighted by molar-refractivity contribution is 0.00871. The number of rotatable bonds is 1. The average Bonchev–Trinajstić information content (AvgIpc) is 2.23. The molecule has 0 aromatic heterocycles. The molecule has 1 heterocycles. The maximum Gasteiger partial charge on any atom is 0.170 e. The third kappa shape index (κ3) is 1.82. The summed E-state index contributed by atoms with van der Waals surface area (Å²) in [5.41, 5.74) is -1.02. The highest BCUT2D eigenvalue weighted by Gasteiger charge is 2.34. The number of nitrogens with one attached hydrogen (secondary N) is 1. The summed E-state index contributed by atoms with van der Waals surface area (Å²) in [5.74, 6) is -1.13. The molecule has 0 aliphatic carbocycles. The van der Waals surface area contributed by atoms with Crippen molar-refractivity contribution >= 4 is 0 Å². The Morgan fingerprint density at radius 1 is 1.40 bits per heavy atom. The molecule has 4 heteroatoms. The second-order valence-electron chi connectivity index (χ2n) is 3.95. The van der Waals surface area contributed by atoms with Gasteiger partial charge in [0.15, 0.2) is 11.6 Å². The van der Waals surface area contributed by atoms with Crippen molar-refractivity contribution in [1.82, 2.24) is 5.32 Å². The second-order valence-corrected chi connectivity index (χ2v) is 3.95. The van der Waals surface area contributed by atoms with Gasteiger partial charge >= 0.3 is 0 Å². The minimum absolute atomic E-state index is 0.176. The van der Waals surface area contributed by atoms with E-state index in [0.29, 0.717) is 13.0 Å². The largest absolute Gasteiger partial charge is 0.505 e. The first kappa shape index (κ1) is 10.4. The fraction of sp³-hybridized carbons (Fsp3) is 0.455. The number of hydrogen-bond donors (Lipinski definition) is 3. The Bertz CT molecular complexity index is 362. The van der Waals surface area contributed by atoms with Gasteiger partial charge in [0.1, 0.15) is 5.60 Å². The number of β-amino-alcohol motifs (C(OH)–C–C–N with tert-alkyl or cyclic N) is 1. The van der Waals surface area contributed by atoms with Crippen LogP contribution in [0.15, 0.2) is 18.2 Å². The first-order valence-electron chi connectivity index (χ1n) is 5.04. The number of aliphatic hydroxyl groups is 1. The van der Waals surface area contributed by atoms with Gasteiger partial charge in [-0.15, -0.1) is 0 Å². The third-order valence-corrected chi connectivity index (χ3v) is 2.84. The second kappa shape index (κ2) is 3.79. The van der Waals surface area contributed by atoms with Gasteiger partial charge in [-0.25, -0.2) is 4.39 Å². The highest BCUT2D eigenvalue weighted by molar-refractivity contribution is 5.34. The standard InChI is InChI=1S/C11H14FNO2/c12-10-8(3-1-4-9(10)14)11(15)5-2-6-13-7-11/h1,3-4,13-15H,2,5-7H2. The van der Waals surface area contributed by atoms with Gasteiger partial charge in [-0.3, -0.25) is 0 Å². The molecule has 1 aromatic carbocycles. The smallest absolute Gasteiger partial charge is 0.170 e. The summed E-state index contributed by atoms with van der Waals surface area (Å²) in [5, 5.41) is 22.5. The summed E-state index contributed by atoms with van der Waals surface area (Å²) in [6.07, 6.45) is 1.31. The molecule has 0 radical (unpaired) electrons. The van der Waals surface area contributed by atoms with Crippen LogP contribution in [0.3, 0.4) is 0 Å². The van der Waals surface area contributed by atoms with Gasteiger partial charge in [0.05, 0.1) is 0 Å². The molecule has 1 atom stereocenters. The molecule has 15 heavy (non-hydrogen) atoms. The highest BCUT2D eigenvalue weighted by Crippen LogP contribution is 2.33. The van der Waals surface area contributed by atoms with Gasteiger partial charge in [0.2, 0.25) is 0 Å². The molecule has 0 saturated carbocycles. The summed E-state index contributed by atoms with van der Waals surface area (Å²) in [6, 6.07) is 4.33. The van der Waals surface area contributed by atoms with E-state index in [0.717, 1.165) is 13.0 Å². The summed E-state index contributed by atoms with van der Waals surface area (Å²) >= 11 is 0. The normalized spacial score (nSPS) is 26.5. The summed E-state index contributed by atoms with van der Waals surface area (Å²) in [7, 11) is 0. The number of hydrogen-bond acceptors (Lipinski definition) is 3. The Kier molecular flexibility index (Phi) is 2.63. The Morgan fingerprint density at radius 3 is 2.87 bits per heavy atom. The zero-order chi connectivity index (χ0) is 10.9. The molecule has 1 aromatic rings. The van der Waals surface area contributed by atoms with Gasteiger partial charge in [-0.1, -0.05) is 12.1 Å². The minimum Gasteiger partial charge on any atom is -0.505 e. The van der Waals surface area contributed by atoms with Gasteiger partial charge in [0.25, 0.3) is 0 Å². The first-order chi connectivity index (χ1) is 7.13. The molecular weight excluding hydrogens is 197 g/mol. The maximum absolute atomic E-state index is 13.6. The van der Waals surface area contributed by atoms with E-state index in [1.165, 1.54) is 12.1 Å². The van der Waals surface area contributed by atoms with Crippen LogP contribution in [0.5, 0.6) is 5.75 Å². The van der Waals surface area contributed by atoms with Crippen molar-refractivity contribution in [2.45, 2.75) is 18.4 Å².